The van der Waals surface area contributed by atoms with Crippen LogP contribution in [0.1, 0.15) is 13.8 Å². The zero-order chi connectivity index (χ0) is 9.56. The van der Waals surface area contributed by atoms with Crippen molar-refractivity contribution in [1.82, 2.24) is 10.2 Å². The Kier molecular flexibility index (Phi) is 5.45. The molecule has 0 unspecified atom stereocenters. The molecule has 0 atom stereocenters. The van der Waals surface area contributed by atoms with Gasteiger partial charge in [0.2, 0.25) is 0 Å². The van der Waals surface area contributed by atoms with Gasteiger partial charge in [-0.1, -0.05) is 0 Å². The molecule has 12 heavy (non-hydrogen) atoms. The molecular formula is C8H18N2O2. The fraction of sp³-hybridized carbons (Fsp3) is 0.875. The zero-order valence-corrected chi connectivity index (χ0v) is 8.26. The quantitative estimate of drug-likeness (QED) is 0.681. The van der Waals surface area contributed by atoms with Gasteiger partial charge in [-0.3, -0.25) is 0 Å². The zero-order valence-electron chi connectivity index (χ0n) is 8.26. The third kappa shape index (κ3) is 4.96. The second-order valence-electron chi connectivity index (χ2n) is 2.99. The van der Waals surface area contributed by atoms with Crippen molar-refractivity contribution in [3.05, 3.63) is 0 Å². The molecule has 1 amide bonds. The summed E-state index contributed by atoms with van der Waals surface area (Å²) in [6.07, 6.45) is -0.368. The number of rotatable bonds is 4. The Morgan fingerprint density at radius 2 is 2.17 bits per heavy atom. The molecule has 0 fully saturated rings. The smallest absolute Gasteiger partial charge is 0.406 e. The van der Waals surface area contributed by atoms with Gasteiger partial charge < -0.3 is 15.0 Å². The average Bonchev–Trinajstić information content (AvgIpc) is 2.03. The van der Waals surface area contributed by atoms with Crippen LogP contribution < -0.4 is 5.32 Å². The first kappa shape index (κ1) is 11.2. The molecule has 0 saturated carbocycles. The van der Waals surface area contributed by atoms with E-state index in [-0.39, 0.29) is 6.09 Å². The van der Waals surface area contributed by atoms with E-state index >= 15 is 0 Å². The molecule has 4 nitrogen and oxygen atoms in total. The number of nitrogens with one attached hydrogen (secondary N) is 1. The van der Waals surface area contributed by atoms with Crippen LogP contribution >= 0.6 is 0 Å². The fourth-order valence-corrected chi connectivity index (χ4v) is 0.665. The van der Waals surface area contributed by atoms with Gasteiger partial charge >= 0.3 is 6.09 Å². The van der Waals surface area contributed by atoms with Gasteiger partial charge in [0.05, 0.1) is 7.11 Å². The second kappa shape index (κ2) is 5.83. The van der Waals surface area contributed by atoms with Crippen LogP contribution in [-0.2, 0) is 4.74 Å². The molecule has 0 saturated heterocycles. The predicted molar refractivity (Wildman–Crippen MR) is 48.2 cm³/mol. The van der Waals surface area contributed by atoms with Crippen LogP contribution in [-0.4, -0.2) is 44.3 Å². The van der Waals surface area contributed by atoms with Crippen molar-refractivity contribution in [3.63, 3.8) is 0 Å². The van der Waals surface area contributed by atoms with Gasteiger partial charge in [0.15, 0.2) is 0 Å². The number of hydrogen-bond donors (Lipinski definition) is 1. The molecular weight excluding hydrogens is 156 g/mol. The molecule has 0 spiro atoms. The lowest BCUT2D eigenvalue weighted by Crippen LogP contribution is -2.36. The molecule has 0 rings (SSSR count). The number of likely N-dealkylation sites (N-methyl/N-ethyl adjacent to an activating group) is 1. The number of hydrogen-bond acceptors (Lipinski definition) is 3. The molecule has 0 aromatic heterocycles. The number of alkyl carbamates (subject to hydrolysis) is 1. The number of nitrogens with zero attached hydrogens (tertiary/aromatic N) is 1. The van der Waals surface area contributed by atoms with E-state index in [0.29, 0.717) is 12.6 Å². The second-order valence-corrected chi connectivity index (χ2v) is 2.99. The minimum atomic E-state index is -0.368. The first-order chi connectivity index (χ1) is 5.57. The Bertz CT molecular complexity index is 137. The third-order valence-corrected chi connectivity index (χ3v) is 1.80. The molecule has 0 bridgehead atoms. The van der Waals surface area contributed by atoms with E-state index in [1.165, 1.54) is 7.11 Å². The standard InChI is InChI=1S/C8H18N2O2/c1-7(2)10(3)6-5-9-8(11)12-4/h7H,5-6H2,1-4H3,(H,9,11). The SMILES string of the molecule is COC(=O)NCCN(C)C(C)C. The van der Waals surface area contributed by atoms with Gasteiger partial charge in [0.1, 0.15) is 0 Å². The summed E-state index contributed by atoms with van der Waals surface area (Å²) in [4.78, 5) is 12.8. The molecule has 0 aliphatic rings. The summed E-state index contributed by atoms with van der Waals surface area (Å²) in [5.74, 6) is 0. The largest absolute Gasteiger partial charge is 0.453 e. The average molecular weight is 174 g/mol. The maximum atomic E-state index is 10.6. The summed E-state index contributed by atoms with van der Waals surface area (Å²) in [7, 11) is 3.38. The monoisotopic (exact) mass is 174 g/mol. The van der Waals surface area contributed by atoms with Crippen LogP contribution in [0.5, 0.6) is 0 Å². The molecule has 0 aromatic rings. The van der Waals surface area contributed by atoms with E-state index in [9.17, 15) is 4.79 Å². The van der Waals surface area contributed by atoms with Gasteiger partial charge in [-0.15, -0.1) is 0 Å². The number of ether oxygens (including phenoxy) is 1. The topological polar surface area (TPSA) is 41.6 Å². The Balaban J connectivity index is 3.37. The van der Waals surface area contributed by atoms with Gasteiger partial charge in [0, 0.05) is 19.1 Å². The summed E-state index contributed by atoms with van der Waals surface area (Å²) < 4.78 is 4.42. The number of carbonyl (C=O) groups excluding carboxylic acids is 1. The highest BCUT2D eigenvalue weighted by molar-refractivity contribution is 5.66. The summed E-state index contributed by atoms with van der Waals surface area (Å²) in [6.45, 7) is 5.68. The normalized spacial score (nSPS) is 10.5. The van der Waals surface area contributed by atoms with Crippen molar-refractivity contribution in [2.45, 2.75) is 19.9 Å². The lowest BCUT2D eigenvalue weighted by Gasteiger charge is -2.20. The lowest BCUT2D eigenvalue weighted by molar-refractivity contribution is 0.168. The Morgan fingerprint density at radius 3 is 2.58 bits per heavy atom. The Labute approximate surface area is 73.9 Å². The Hall–Kier alpha value is -0.770. The predicted octanol–water partition coefficient (Wildman–Crippen LogP) is 0.683. The van der Waals surface area contributed by atoms with Crippen LogP contribution in [0.2, 0.25) is 0 Å². The van der Waals surface area contributed by atoms with E-state index in [1.807, 2.05) is 7.05 Å². The van der Waals surface area contributed by atoms with Gasteiger partial charge in [-0.05, 0) is 20.9 Å². The summed E-state index contributed by atoms with van der Waals surface area (Å²) in [6, 6.07) is 0.504. The van der Waals surface area contributed by atoms with Crippen LogP contribution in [0.25, 0.3) is 0 Å². The van der Waals surface area contributed by atoms with Crippen LogP contribution in [0.4, 0.5) is 4.79 Å². The molecule has 0 heterocycles. The molecule has 0 aromatic carbocycles. The first-order valence-corrected chi connectivity index (χ1v) is 4.10. The maximum Gasteiger partial charge on any atom is 0.406 e. The highest BCUT2D eigenvalue weighted by Crippen LogP contribution is 1.90. The number of methoxy groups -OCH3 is 1. The van der Waals surface area contributed by atoms with Crippen molar-refractivity contribution < 1.29 is 9.53 Å². The number of amides is 1. The van der Waals surface area contributed by atoms with Gasteiger partial charge in [0.25, 0.3) is 0 Å². The number of carbonyl (C=O) groups is 1. The maximum absolute atomic E-state index is 10.6. The van der Waals surface area contributed by atoms with Crippen molar-refractivity contribution in [1.29, 1.82) is 0 Å². The van der Waals surface area contributed by atoms with Gasteiger partial charge in [-0.2, -0.15) is 0 Å². The van der Waals surface area contributed by atoms with Crippen molar-refractivity contribution >= 4 is 6.09 Å². The summed E-state index contributed by atoms with van der Waals surface area (Å²) in [5.41, 5.74) is 0. The van der Waals surface area contributed by atoms with E-state index in [2.05, 4.69) is 28.8 Å². The van der Waals surface area contributed by atoms with Crippen molar-refractivity contribution in [2.24, 2.45) is 0 Å². The third-order valence-electron chi connectivity index (χ3n) is 1.80. The fourth-order valence-electron chi connectivity index (χ4n) is 0.665. The first-order valence-electron chi connectivity index (χ1n) is 4.10. The molecule has 72 valence electrons. The van der Waals surface area contributed by atoms with Crippen molar-refractivity contribution in [2.75, 3.05) is 27.2 Å². The van der Waals surface area contributed by atoms with Crippen LogP contribution in [0, 0.1) is 0 Å². The molecule has 0 aliphatic heterocycles. The summed E-state index contributed by atoms with van der Waals surface area (Å²) >= 11 is 0. The Morgan fingerprint density at radius 1 is 1.58 bits per heavy atom. The minimum absolute atomic E-state index is 0.368. The van der Waals surface area contributed by atoms with Crippen molar-refractivity contribution in [3.8, 4) is 0 Å². The van der Waals surface area contributed by atoms with E-state index in [4.69, 9.17) is 0 Å². The van der Waals surface area contributed by atoms with E-state index in [0.717, 1.165) is 6.54 Å². The highest BCUT2D eigenvalue weighted by Gasteiger charge is 2.03. The molecule has 4 heteroatoms. The molecule has 0 radical (unpaired) electrons. The summed E-state index contributed by atoms with van der Waals surface area (Å²) in [5, 5.41) is 2.62. The molecule has 1 N–H and O–H groups in total. The van der Waals surface area contributed by atoms with Crippen LogP contribution in [0.15, 0.2) is 0 Å². The molecule has 0 aliphatic carbocycles. The van der Waals surface area contributed by atoms with Gasteiger partial charge in [-0.25, -0.2) is 4.79 Å². The van der Waals surface area contributed by atoms with Crippen LogP contribution in [0.3, 0.4) is 0 Å². The minimum Gasteiger partial charge on any atom is -0.453 e. The van der Waals surface area contributed by atoms with E-state index < -0.39 is 0 Å². The lowest BCUT2D eigenvalue weighted by atomic mass is 10.3. The highest BCUT2D eigenvalue weighted by atomic mass is 16.5. The van der Waals surface area contributed by atoms with E-state index in [1.54, 1.807) is 0 Å².